The van der Waals surface area contributed by atoms with Crippen molar-refractivity contribution in [3.05, 3.63) is 69.4 Å². The van der Waals surface area contributed by atoms with Crippen LogP contribution in [0.25, 0.3) is 0 Å². The van der Waals surface area contributed by atoms with Gasteiger partial charge in [-0.2, -0.15) is 0 Å². The van der Waals surface area contributed by atoms with Gasteiger partial charge < -0.3 is 0 Å². The van der Waals surface area contributed by atoms with Crippen LogP contribution in [0.1, 0.15) is 17.2 Å². The Hall–Kier alpha value is -1.37. The van der Waals surface area contributed by atoms with E-state index in [1.807, 2.05) is 0 Å². The summed E-state index contributed by atoms with van der Waals surface area (Å²) < 4.78 is 41.5. The fraction of sp³-hybridized carbons (Fsp3) is 0.143. The molecule has 2 aromatic rings. The predicted molar refractivity (Wildman–Crippen MR) is 74.2 cm³/mol. The summed E-state index contributed by atoms with van der Waals surface area (Å²) in [5.41, 5.74) is 2.51. The van der Waals surface area contributed by atoms with Crippen molar-refractivity contribution in [1.82, 2.24) is 5.43 Å². The van der Waals surface area contributed by atoms with Gasteiger partial charge in [-0.15, -0.1) is 0 Å². The third kappa shape index (κ3) is 3.03. The second-order valence-electron chi connectivity index (χ2n) is 4.27. The normalized spacial score (nSPS) is 12.4. The van der Waals surface area contributed by atoms with Crippen LogP contribution in [0.5, 0.6) is 0 Å². The van der Waals surface area contributed by atoms with Gasteiger partial charge in [0, 0.05) is 11.1 Å². The van der Waals surface area contributed by atoms with E-state index in [4.69, 9.17) is 5.84 Å². The van der Waals surface area contributed by atoms with E-state index in [2.05, 4.69) is 21.4 Å². The lowest BCUT2D eigenvalue weighted by Gasteiger charge is -2.18. The molecule has 0 fully saturated rings. The summed E-state index contributed by atoms with van der Waals surface area (Å²) >= 11 is 3.07. The minimum absolute atomic E-state index is 0.0949. The minimum Gasteiger partial charge on any atom is -0.271 e. The second kappa shape index (κ2) is 6.39. The molecule has 0 aromatic heterocycles. The number of halogens is 4. The summed E-state index contributed by atoms with van der Waals surface area (Å²) in [6, 6.07) is 7.54. The number of hydrogen-bond donors (Lipinski definition) is 2. The van der Waals surface area contributed by atoms with Crippen molar-refractivity contribution in [2.24, 2.45) is 5.84 Å². The average molecular weight is 345 g/mol. The topological polar surface area (TPSA) is 38.0 Å². The second-order valence-corrected chi connectivity index (χ2v) is 5.12. The predicted octanol–water partition coefficient (Wildman–Crippen LogP) is 3.61. The molecule has 1 atom stereocenters. The van der Waals surface area contributed by atoms with Gasteiger partial charge >= 0.3 is 0 Å². The molecule has 0 aliphatic rings. The number of rotatable bonds is 4. The van der Waals surface area contributed by atoms with Gasteiger partial charge in [-0.25, -0.2) is 13.2 Å². The average Bonchev–Trinajstić information content (AvgIpc) is 2.42. The standard InChI is InChI=1S/C14H12BrF3N2/c15-10-4-1-3-8(14(10)18)13(20-19)7-9-11(16)5-2-6-12(9)17/h1-6,13,20H,7,19H2. The molecule has 0 aliphatic heterocycles. The van der Waals surface area contributed by atoms with E-state index in [1.165, 1.54) is 18.2 Å². The van der Waals surface area contributed by atoms with Crippen LogP contribution in [0.15, 0.2) is 40.9 Å². The molecule has 2 rings (SSSR count). The van der Waals surface area contributed by atoms with Crippen molar-refractivity contribution in [2.75, 3.05) is 0 Å². The van der Waals surface area contributed by atoms with Gasteiger partial charge in [0.25, 0.3) is 0 Å². The van der Waals surface area contributed by atoms with Crippen LogP contribution in [0, 0.1) is 17.5 Å². The Kier molecular flexibility index (Phi) is 4.80. The highest BCUT2D eigenvalue weighted by molar-refractivity contribution is 9.10. The van der Waals surface area contributed by atoms with Crippen LogP contribution < -0.4 is 11.3 Å². The molecule has 0 saturated heterocycles. The van der Waals surface area contributed by atoms with Crippen LogP contribution in [0.3, 0.4) is 0 Å². The Morgan fingerprint density at radius 2 is 1.65 bits per heavy atom. The van der Waals surface area contributed by atoms with Gasteiger partial charge in [-0.1, -0.05) is 18.2 Å². The van der Waals surface area contributed by atoms with Crippen LogP contribution in [-0.4, -0.2) is 0 Å². The van der Waals surface area contributed by atoms with E-state index in [-0.39, 0.29) is 22.0 Å². The molecule has 3 N–H and O–H groups in total. The zero-order chi connectivity index (χ0) is 14.7. The lowest BCUT2D eigenvalue weighted by Crippen LogP contribution is -2.30. The Labute approximate surface area is 122 Å². The fourth-order valence-electron chi connectivity index (χ4n) is 1.98. The quantitative estimate of drug-likeness (QED) is 0.656. The molecular weight excluding hydrogens is 333 g/mol. The Morgan fingerprint density at radius 1 is 1.05 bits per heavy atom. The molecule has 20 heavy (non-hydrogen) atoms. The van der Waals surface area contributed by atoms with Crippen molar-refractivity contribution >= 4 is 15.9 Å². The van der Waals surface area contributed by atoms with Gasteiger partial charge in [0.15, 0.2) is 0 Å². The molecule has 0 saturated carbocycles. The van der Waals surface area contributed by atoms with Crippen molar-refractivity contribution < 1.29 is 13.2 Å². The first-order valence-electron chi connectivity index (χ1n) is 5.87. The highest BCUT2D eigenvalue weighted by Gasteiger charge is 2.20. The first-order valence-corrected chi connectivity index (χ1v) is 6.66. The monoisotopic (exact) mass is 344 g/mol. The van der Waals surface area contributed by atoms with Gasteiger partial charge in [-0.3, -0.25) is 11.3 Å². The molecule has 0 heterocycles. The van der Waals surface area contributed by atoms with Crippen molar-refractivity contribution in [3.8, 4) is 0 Å². The highest BCUT2D eigenvalue weighted by atomic mass is 79.9. The molecule has 6 heteroatoms. The summed E-state index contributed by atoms with van der Waals surface area (Å²) in [7, 11) is 0. The van der Waals surface area contributed by atoms with Crippen molar-refractivity contribution in [2.45, 2.75) is 12.5 Å². The zero-order valence-corrected chi connectivity index (χ0v) is 11.9. The molecule has 0 amide bonds. The van der Waals surface area contributed by atoms with E-state index in [0.29, 0.717) is 0 Å². The van der Waals surface area contributed by atoms with Crippen molar-refractivity contribution in [1.29, 1.82) is 0 Å². The summed E-state index contributed by atoms with van der Waals surface area (Å²) in [5.74, 6) is 3.53. The Balaban J connectivity index is 2.37. The summed E-state index contributed by atoms with van der Waals surface area (Å²) in [6.07, 6.45) is -0.0949. The largest absolute Gasteiger partial charge is 0.271 e. The number of nitrogens with one attached hydrogen (secondary N) is 1. The van der Waals surface area contributed by atoms with Crippen LogP contribution in [-0.2, 0) is 6.42 Å². The van der Waals surface area contributed by atoms with Gasteiger partial charge in [-0.05, 0) is 40.5 Å². The maximum Gasteiger partial charge on any atom is 0.142 e. The third-order valence-electron chi connectivity index (χ3n) is 3.03. The summed E-state index contributed by atoms with van der Waals surface area (Å²) in [5, 5.41) is 0. The number of hydrogen-bond acceptors (Lipinski definition) is 2. The SMILES string of the molecule is NNC(Cc1c(F)cccc1F)c1cccc(Br)c1F. The molecule has 0 bridgehead atoms. The number of nitrogens with two attached hydrogens (primary N) is 1. The maximum atomic E-state index is 14.0. The summed E-state index contributed by atoms with van der Waals surface area (Å²) in [4.78, 5) is 0. The lowest BCUT2D eigenvalue weighted by molar-refractivity contribution is 0.479. The number of benzene rings is 2. The van der Waals surface area contributed by atoms with Gasteiger partial charge in [0.05, 0.1) is 10.5 Å². The first kappa shape index (κ1) is 15.0. The molecular formula is C14H12BrF3N2. The van der Waals surface area contributed by atoms with E-state index in [9.17, 15) is 13.2 Å². The summed E-state index contributed by atoms with van der Waals surface area (Å²) in [6.45, 7) is 0. The van der Waals surface area contributed by atoms with Gasteiger partial charge in [0.1, 0.15) is 17.5 Å². The lowest BCUT2D eigenvalue weighted by atomic mass is 9.98. The highest BCUT2D eigenvalue weighted by Crippen LogP contribution is 2.27. The Bertz CT molecular complexity index is 599. The Morgan fingerprint density at radius 3 is 2.25 bits per heavy atom. The molecule has 0 spiro atoms. The minimum atomic E-state index is -0.737. The van der Waals surface area contributed by atoms with Gasteiger partial charge in [0.2, 0.25) is 0 Å². The molecule has 106 valence electrons. The molecule has 1 unspecified atom stereocenters. The van der Waals surface area contributed by atoms with Crippen LogP contribution in [0.4, 0.5) is 13.2 Å². The van der Waals surface area contributed by atoms with E-state index >= 15 is 0 Å². The first-order chi connectivity index (χ1) is 9.54. The molecule has 2 aromatic carbocycles. The molecule has 2 nitrogen and oxygen atoms in total. The maximum absolute atomic E-state index is 14.0. The van der Waals surface area contributed by atoms with E-state index in [1.54, 1.807) is 6.07 Å². The smallest absolute Gasteiger partial charge is 0.142 e. The van der Waals surface area contributed by atoms with Crippen molar-refractivity contribution in [3.63, 3.8) is 0 Å². The van der Waals surface area contributed by atoms with Crippen LogP contribution >= 0.6 is 15.9 Å². The number of hydrazine groups is 1. The van der Waals surface area contributed by atoms with E-state index in [0.717, 1.165) is 12.1 Å². The zero-order valence-electron chi connectivity index (χ0n) is 10.3. The van der Waals surface area contributed by atoms with Crippen LogP contribution in [0.2, 0.25) is 0 Å². The third-order valence-corrected chi connectivity index (χ3v) is 3.64. The molecule has 0 aliphatic carbocycles. The van der Waals surface area contributed by atoms with E-state index < -0.39 is 23.5 Å². The fourth-order valence-corrected chi connectivity index (χ4v) is 2.36. The molecule has 0 radical (unpaired) electrons.